The smallest absolute Gasteiger partial charge is 1.00 e. The molecule has 0 saturated carbocycles. The van der Waals surface area contributed by atoms with Crippen LogP contribution in [0.5, 0.6) is 23.0 Å². The van der Waals surface area contributed by atoms with E-state index in [2.05, 4.69) is 133 Å². The minimum Gasteiger partial charge on any atom is -1.00 e. The number of hydrogen-bond acceptors (Lipinski definition) is 10. The van der Waals surface area contributed by atoms with E-state index in [4.69, 9.17) is 58.8 Å². The van der Waals surface area contributed by atoms with E-state index in [0.717, 1.165) is 84.7 Å². The van der Waals surface area contributed by atoms with Crippen molar-refractivity contribution in [1.82, 2.24) is 57.8 Å². The van der Waals surface area contributed by atoms with Crippen LogP contribution in [0.4, 0.5) is 22.7 Å². The average Bonchev–Trinajstić information content (AvgIpc) is 1.61. The van der Waals surface area contributed by atoms with Crippen molar-refractivity contribution in [3.63, 3.8) is 0 Å². The summed E-state index contributed by atoms with van der Waals surface area (Å²) in [6, 6.07) is 64.4. The van der Waals surface area contributed by atoms with Gasteiger partial charge in [-0.1, -0.05) is 97.1 Å². The molecule has 3 aromatic heterocycles. The van der Waals surface area contributed by atoms with Gasteiger partial charge in [-0.2, -0.15) is 0 Å². The normalized spacial score (nSPS) is 11.0. The van der Waals surface area contributed by atoms with Crippen molar-refractivity contribution in [3.05, 3.63) is 194 Å². The van der Waals surface area contributed by atoms with Crippen LogP contribution < -0.4 is 96.5 Å². The first-order valence-electron chi connectivity index (χ1n) is 28.9. The molecule has 0 N–H and O–H groups in total. The van der Waals surface area contributed by atoms with Gasteiger partial charge >= 0.3 is 19.5 Å². The fraction of sp³-hybridized carbons (Fsp3) is 0.222. The molecular formula is C72H80Cl4N12O4Zn. The van der Waals surface area contributed by atoms with Gasteiger partial charge in [0.05, 0.1) is 136 Å². The van der Waals surface area contributed by atoms with E-state index in [9.17, 15) is 0 Å². The monoisotopic (exact) mass is 1380 g/mol. The topological polar surface area (TPSA) is 142 Å². The van der Waals surface area contributed by atoms with Gasteiger partial charge < -0.3 is 98.5 Å². The number of hydrogen-bond donors (Lipinski definition) is 0. The second-order valence-electron chi connectivity index (χ2n) is 24.5. The van der Waals surface area contributed by atoms with Gasteiger partial charge in [0.2, 0.25) is 0 Å². The molecule has 13 rings (SSSR count). The largest absolute Gasteiger partial charge is 2.00 e. The molecule has 2 aliphatic rings. The minimum absolute atomic E-state index is 0. The Labute approximate surface area is 584 Å². The Morgan fingerprint density at radius 3 is 0.581 bits per heavy atom. The molecule has 93 heavy (non-hydrogen) atoms. The number of rotatable bonds is 8. The van der Waals surface area contributed by atoms with Gasteiger partial charge in [0.15, 0.2) is 0 Å². The second-order valence-corrected chi connectivity index (χ2v) is 24.5. The standard InChI is InChI=1S/C32H16N8.4C10H16NO.4ClH.Zn/c1-2-10-18-17(9-1)25-33-26(18)38-28-21-13-5-6-14-22(21)30(35-28)40-32-24-16-8-7-15-23(24)31(36-32)39-29-20-12-4-3-11-19(20)27(34-29)37-25;4*1-11(2,3)9-5-7-10(12-4)8-6-9;;;;;/h1-16H;4*5-8H,1-4H3;4*1H;/q-2;4*+1;;;;;+2/p-4. The zero-order valence-corrected chi connectivity index (χ0v) is 61.7. The molecular weight excluding hydrogens is 1300 g/mol. The Bertz CT molecular complexity index is 3830. The van der Waals surface area contributed by atoms with Gasteiger partial charge in [0.25, 0.3) is 0 Å². The van der Waals surface area contributed by atoms with E-state index in [0.29, 0.717) is 45.9 Å². The molecule has 0 unspecified atom stereocenters. The van der Waals surface area contributed by atoms with E-state index in [1.165, 1.54) is 22.7 Å². The fourth-order valence-corrected chi connectivity index (χ4v) is 9.58. The molecule has 11 aromatic rings. The minimum atomic E-state index is 0. The fourth-order valence-electron chi connectivity index (χ4n) is 9.58. The molecule has 0 radical (unpaired) electrons. The molecule has 8 bridgehead atoms. The van der Waals surface area contributed by atoms with Crippen LogP contribution in [0.1, 0.15) is 0 Å². The summed E-state index contributed by atoms with van der Waals surface area (Å²) in [7, 11) is 32.4. The van der Waals surface area contributed by atoms with Gasteiger partial charge in [0, 0.05) is 93.4 Å². The van der Waals surface area contributed by atoms with E-state index < -0.39 is 0 Å². The molecule has 0 spiro atoms. The van der Waals surface area contributed by atoms with Crippen LogP contribution in [-0.2, 0) is 19.5 Å². The third-order valence-electron chi connectivity index (χ3n) is 14.7. The van der Waals surface area contributed by atoms with Crippen LogP contribution in [0, 0.1) is 0 Å². The molecule has 8 aromatic carbocycles. The Hall–Kier alpha value is -8.06. The van der Waals surface area contributed by atoms with E-state index in [1.807, 2.05) is 146 Å². The maximum Gasteiger partial charge on any atom is 2.00 e. The van der Waals surface area contributed by atoms with E-state index in [-0.39, 0.29) is 69.1 Å². The number of aromatic nitrogens is 8. The van der Waals surface area contributed by atoms with Crippen molar-refractivity contribution in [2.75, 3.05) is 113 Å². The Kier molecular flexibility index (Phi) is 27.6. The first-order valence-corrected chi connectivity index (χ1v) is 28.9. The molecule has 0 amide bonds. The van der Waals surface area contributed by atoms with Crippen LogP contribution >= 0.6 is 0 Å². The summed E-state index contributed by atoms with van der Waals surface area (Å²) in [5.74, 6) is 5.85. The Morgan fingerprint density at radius 2 is 0.419 bits per heavy atom. The van der Waals surface area contributed by atoms with Crippen LogP contribution in [0.15, 0.2) is 194 Å². The number of quaternary nitrogens is 4. The quantitative estimate of drug-likeness (QED) is 0.162. The predicted octanol–water partition coefficient (Wildman–Crippen LogP) is 1.71. The number of methoxy groups -OCH3 is 4. The van der Waals surface area contributed by atoms with Crippen LogP contribution in [0.3, 0.4) is 0 Å². The van der Waals surface area contributed by atoms with Crippen molar-refractivity contribution in [2.45, 2.75) is 0 Å². The van der Waals surface area contributed by atoms with Gasteiger partial charge in [-0.05, 0) is 70.1 Å². The van der Waals surface area contributed by atoms with Crippen LogP contribution in [0.2, 0.25) is 0 Å². The average molecular weight is 1380 g/mol. The number of halogens is 4. The first kappa shape index (κ1) is 77.4. The third kappa shape index (κ3) is 19.1. The molecule has 5 heterocycles. The van der Waals surface area contributed by atoms with E-state index >= 15 is 0 Å². The number of benzene rings is 8. The summed E-state index contributed by atoms with van der Waals surface area (Å²) in [6.45, 7) is 0. The molecule has 16 nitrogen and oxygen atoms in total. The molecule has 482 valence electrons. The first-order chi connectivity index (χ1) is 41.9. The number of fused-ring (bicyclic) bond motifs is 20. The zero-order valence-electron chi connectivity index (χ0n) is 55.7. The number of ether oxygens (including phenoxy) is 4. The van der Waals surface area contributed by atoms with E-state index in [1.54, 1.807) is 28.4 Å². The van der Waals surface area contributed by atoms with Gasteiger partial charge in [-0.25, -0.2) is 9.97 Å². The number of nitrogens with zero attached hydrogens (tertiary/aromatic N) is 12. The summed E-state index contributed by atoms with van der Waals surface area (Å²) in [5.41, 5.74) is 10.9. The molecule has 2 aliphatic heterocycles. The third-order valence-corrected chi connectivity index (χ3v) is 14.7. The van der Waals surface area contributed by atoms with Crippen molar-refractivity contribution in [2.24, 2.45) is 0 Å². The summed E-state index contributed by atoms with van der Waals surface area (Å²) in [5, 5.41) is 3.57. The van der Waals surface area contributed by atoms with Gasteiger partial charge in [-0.15, -0.1) is 0 Å². The van der Waals surface area contributed by atoms with Crippen LogP contribution in [-0.4, -0.2) is 143 Å². The van der Waals surface area contributed by atoms with Crippen molar-refractivity contribution in [3.8, 4) is 68.5 Å². The molecule has 0 atom stereocenters. The zero-order chi connectivity index (χ0) is 63.0. The van der Waals surface area contributed by atoms with Gasteiger partial charge in [0.1, 0.15) is 45.7 Å². The summed E-state index contributed by atoms with van der Waals surface area (Å²) >= 11 is 0. The van der Waals surface area contributed by atoms with Crippen LogP contribution in [0.25, 0.3) is 89.7 Å². The van der Waals surface area contributed by atoms with Crippen molar-refractivity contribution < 1.29 is 88.1 Å². The maximum atomic E-state index is 5.07. The molecule has 21 heteroatoms. The molecule has 0 fully saturated rings. The molecule has 0 saturated heterocycles. The van der Waals surface area contributed by atoms with Crippen molar-refractivity contribution >= 4 is 66.9 Å². The second kappa shape index (κ2) is 33.2. The summed E-state index contributed by atoms with van der Waals surface area (Å²) < 4.78 is 23.6. The maximum absolute atomic E-state index is 5.07. The van der Waals surface area contributed by atoms with Gasteiger partial charge in [-0.3, -0.25) is 17.9 Å². The predicted molar refractivity (Wildman–Crippen MR) is 364 cm³/mol. The molecule has 0 aliphatic carbocycles. The Morgan fingerprint density at radius 1 is 0.247 bits per heavy atom. The van der Waals surface area contributed by atoms with Crippen molar-refractivity contribution in [1.29, 1.82) is 0 Å². The SMILES string of the molecule is COc1ccc([N+](C)(C)C)cc1.COc1ccc([N+](C)(C)C)cc1.COc1ccc([N+](C)(C)C)cc1.COc1ccc([N+](C)(C)C)cc1.[Cl-].[Cl-].[Cl-].[Cl-].[Zn+2].c1ccc2c(c1)-c1nc-2nc2[n-]c(nc3nc(nc4[n-]c(n1)c1ccccc41)-c1ccccc1-3)c1ccccc21. The Balaban J connectivity index is 0.000000288. The summed E-state index contributed by atoms with van der Waals surface area (Å²) in [4.78, 5) is 39.3. The summed E-state index contributed by atoms with van der Waals surface area (Å²) in [6.07, 6.45) is 0.